The molecule has 4 nitrogen and oxygen atoms in total. The lowest BCUT2D eigenvalue weighted by Gasteiger charge is -2.60. The van der Waals surface area contributed by atoms with Gasteiger partial charge in [-0.3, -0.25) is 9.59 Å². The fraction of sp³-hybridized carbons (Fsp3) is 0.840. The van der Waals surface area contributed by atoms with Crippen molar-refractivity contribution >= 4 is 11.8 Å². The molecule has 0 amide bonds. The molecule has 9 atom stereocenters. The van der Waals surface area contributed by atoms with Gasteiger partial charge in [0.15, 0.2) is 5.78 Å². The summed E-state index contributed by atoms with van der Waals surface area (Å²) in [4.78, 5) is 25.1. The molecule has 0 heterocycles. The van der Waals surface area contributed by atoms with Crippen molar-refractivity contribution < 1.29 is 19.8 Å². The topological polar surface area (TPSA) is 74.6 Å². The van der Waals surface area contributed by atoms with E-state index in [1.807, 2.05) is 13.0 Å². The van der Waals surface area contributed by atoms with Gasteiger partial charge >= 0.3 is 5.97 Å². The lowest BCUT2D eigenvalue weighted by molar-refractivity contribution is -0.151. The van der Waals surface area contributed by atoms with Crippen molar-refractivity contribution in [1.82, 2.24) is 0 Å². The summed E-state index contributed by atoms with van der Waals surface area (Å²) in [6, 6.07) is 0. The first-order valence-corrected chi connectivity index (χ1v) is 11.7. The summed E-state index contributed by atoms with van der Waals surface area (Å²) >= 11 is 0. The monoisotopic (exact) mass is 402 g/mol. The van der Waals surface area contributed by atoms with Crippen LogP contribution in [0.5, 0.6) is 0 Å². The predicted molar refractivity (Wildman–Crippen MR) is 112 cm³/mol. The fourth-order valence-electron chi connectivity index (χ4n) is 8.58. The highest BCUT2D eigenvalue weighted by Crippen LogP contribution is 2.68. The third kappa shape index (κ3) is 3.04. The van der Waals surface area contributed by atoms with E-state index in [-0.39, 0.29) is 41.1 Å². The van der Waals surface area contributed by atoms with Gasteiger partial charge in [-0.05, 0) is 97.9 Å². The molecule has 4 heteroatoms. The van der Waals surface area contributed by atoms with E-state index < -0.39 is 5.97 Å². The summed E-state index contributed by atoms with van der Waals surface area (Å²) in [5, 5.41) is 19.7. The molecule has 3 unspecified atom stereocenters. The standard InChI is InChI=1S/C25H38O4/c1-5-16-20-13-15(26)8-10-25(20,4)19-9-11-24(3)17(14(2)12-21(27)28)6-7-18(24)22(19)23(16)29/h5,14-15,17-20,22,26H,6-13H2,1-4H3,(H,27,28)/b16-5+/t14-,15-,17?,18?,19?,20+,22+,24-,25-/m1/s1. The normalized spacial score (nSPS) is 49.3. The van der Waals surface area contributed by atoms with E-state index in [0.29, 0.717) is 23.5 Å². The summed E-state index contributed by atoms with van der Waals surface area (Å²) in [6.45, 7) is 8.83. The number of hydrogen-bond acceptors (Lipinski definition) is 3. The Morgan fingerprint density at radius 3 is 2.45 bits per heavy atom. The molecule has 0 aromatic rings. The number of fused-ring (bicyclic) bond motifs is 5. The van der Waals surface area contributed by atoms with Crippen molar-refractivity contribution in [2.24, 2.45) is 46.3 Å². The highest BCUT2D eigenvalue weighted by atomic mass is 16.4. The predicted octanol–water partition coefficient (Wildman–Crippen LogP) is 4.85. The SMILES string of the molecule is C/C=C1/C(=O)[C@H]2C3CCC([C@H](C)CC(=O)O)[C@@]3(C)CCC2[C@@]2(C)CC[C@@H](O)C[C@@H]12. The van der Waals surface area contributed by atoms with Crippen LogP contribution in [0.25, 0.3) is 0 Å². The largest absolute Gasteiger partial charge is 0.481 e. The summed E-state index contributed by atoms with van der Waals surface area (Å²) in [7, 11) is 0. The number of carbonyl (C=O) groups excluding carboxylic acids is 1. The van der Waals surface area contributed by atoms with Crippen molar-refractivity contribution in [1.29, 1.82) is 0 Å². The van der Waals surface area contributed by atoms with Crippen molar-refractivity contribution in [3.05, 3.63) is 11.6 Å². The van der Waals surface area contributed by atoms with Gasteiger partial charge in [-0.15, -0.1) is 0 Å². The van der Waals surface area contributed by atoms with E-state index in [4.69, 9.17) is 0 Å². The molecule has 4 aliphatic carbocycles. The molecule has 0 radical (unpaired) electrons. The van der Waals surface area contributed by atoms with Crippen molar-refractivity contribution in [3.63, 3.8) is 0 Å². The highest BCUT2D eigenvalue weighted by Gasteiger charge is 2.64. The van der Waals surface area contributed by atoms with Crippen LogP contribution < -0.4 is 0 Å². The Labute approximate surface area is 175 Å². The van der Waals surface area contributed by atoms with Crippen LogP contribution in [0.1, 0.15) is 79.1 Å². The second-order valence-electron chi connectivity index (χ2n) is 11.1. The van der Waals surface area contributed by atoms with Gasteiger partial charge in [0.1, 0.15) is 0 Å². The number of carbonyl (C=O) groups is 2. The second kappa shape index (κ2) is 7.21. The highest BCUT2D eigenvalue weighted by molar-refractivity contribution is 5.99. The maximum atomic E-state index is 13.8. The molecule has 29 heavy (non-hydrogen) atoms. The van der Waals surface area contributed by atoms with Gasteiger partial charge in [0.25, 0.3) is 0 Å². The average Bonchev–Trinajstić information content (AvgIpc) is 3.00. The van der Waals surface area contributed by atoms with Crippen LogP contribution in [-0.4, -0.2) is 28.1 Å². The first-order chi connectivity index (χ1) is 13.6. The summed E-state index contributed by atoms with van der Waals surface area (Å²) < 4.78 is 0. The van der Waals surface area contributed by atoms with Gasteiger partial charge in [0.2, 0.25) is 0 Å². The Hall–Kier alpha value is -1.16. The number of carboxylic acids is 1. The van der Waals surface area contributed by atoms with Gasteiger partial charge in [-0.2, -0.15) is 0 Å². The third-order valence-electron chi connectivity index (χ3n) is 9.97. The second-order valence-corrected chi connectivity index (χ2v) is 11.1. The Morgan fingerprint density at radius 1 is 1.14 bits per heavy atom. The van der Waals surface area contributed by atoms with E-state index in [9.17, 15) is 19.8 Å². The number of rotatable bonds is 3. The van der Waals surface area contributed by atoms with Crippen molar-refractivity contribution in [2.45, 2.75) is 85.2 Å². The number of ketones is 1. The number of carboxylic acid groups (broad SMARTS) is 1. The molecule has 4 saturated carbocycles. The average molecular weight is 403 g/mol. The summed E-state index contributed by atoms with van der Waals surface area (Å²) in [5.74, 6) is 1.24. The lowest BCUT2D eigenvalue weighted by atomic mass is 9.43. The Balaban J connectivity index is 1.69. The molecule has 0 aromatic carbocycles. The summed E-state index contributed by atoms with van der Waals surface area (Å²) in [6.07, 6.45) is 8.84. The van der Waals surface area contributed by atoms with Crippen LogP contribution >= 0.6 is 0 Å². The van der Waals surface area contributed by atoms with Crippen molar-refractivity contribution in [3.8, 4) is 0 Å². The van der Waals surface area contributed by atoms with E-state index in [0.717, 1.165) is 50.5 Å². The molecular weight excluding hydrogens is 364 g/mol. The van der Waals surface area contributed by atoms with E-state index in [1.165, 1.54) is 0 Å². The molecule has 4 rings (SSSR count). The number of aliphatic hydroxyl groups is 1. The summed E-state index contributed by atoms with van der Waals surface area (Å²) in [5.41, 5.74) is 1.15. The first-order valence-electron chi connectivity index (χ1n) is 11.7. The van der Waals surface area contributed by atoms with Crippen LogP contribution in [0.2, 0.25) is 0 Å². The molecule has 0 aliphatic heterocycles. The van der Waals surface area contributed by atoms with E-state index in [1.54, 1.807) is 0 Å². The minimum atomic E-state index is -0.709. The molecular formula is C25H38O4. The van der Waals surface area contributed by atoms with Gasteiger partial charge in [-0.25, -0.2) is 0 Å². The van der Waals surface area contributed by atoms with Gasteiger partial charge < -0.3 is 10.2 Å². The van der Waals surface area contributed by atoms with Gasteiger partial charge in [-0.1, -0.05) is 26.8 Å². The van der Waals surface area contributed by atoms with Crippen LogP contribution in [0, 0.1) is 46.3 Å². The van der Waals surface area contributed by atoms with Crippen LogP contribution in [0.15, 0.2) is 11.6 Å². The van der Waals surface area contributed by atoms with Crippen LogP contribution in [-0.2, 0) is 9.59 Å². The molecule has 0 saturated heterocycles. The van der Waals surface area contributed by atoms with E-state index >= 15 is 0 Å². The Kier molecular flexibility index (Phi) is 5.25. The zero-order chi connectivity index (χ0) is 21.1. The lowest BCUT2D eigenvalue weighted by Crippen LogP contribution is -2.58. The number of hydrogen-bond donors (Lipinski definition) is 2. The first kappa shape index (κ1) is 21.1. The zero-order valence-corrected chi connectivity index (χ0v) is 18.5. The quantitative estimate of drug-likeness (QED) is 0.662. The minimum Gasteiger partial charge on any atom is -0.481 e. The fourth-order valence-corrected chi connectivity index (χ4v) is 8.58. The van der Waals surface area contributed by atoms with Crippen LogP contribution in [0.4, 0.5) is 0 Å². The third-order valence-corrected chi connectivity index (χ3v) is 9.97. The zero-order valence-electron chi connectivity index (χ0n) is 18.5. The van der Waals surface area contributed by atoms with Gasteiger partial charge in [0, 0.05) is 12.3 Å². The molecule has 0 bridgehead atoms. The maximum absolute atomic E-state index is 13.8. The molecule has 4 fully saturated rings. The molecule has 0 aromatic heterocycles. The minimum absolute atomic E-state index is 0.0714. The van der Waals surface area contributed by atoms with E-state index in [2.05, 4.69) is 20.8 Å². The number of aliphatic hydroxyl groups excluding tert-OH is 1. The molecule has 162 valence electrons. The van der Waals surface area contributed by atoms with Crippen LogP contribution in [0.3, 0.4) is 0 Å². The smallest absolute Gasteiger partial charge is 0.303 e. The Bertz CT molecular complexity index is 726. The Morgan fingerprint density at radius 2 is 1.79 bits per heavy atom. The number of aliphatic carboxylic acids is 1. The molecule has 2 N–H and O–H groups in total. The van der Waals surface area contributed by atoms with Crippen molar-refractivity contribution in [2.75, 3.05) is 0 Å². The maximum Gasteiger partial charge on any atom is 0.303 e. The molecule has 4 aliphatic rings. The number of allylic oxidation sites excluding steroid dienone is 2. The molecule has 0 spiro atoms. The van der Waals surface area contributed by atoms with Gasteiger partial charge in [0.05, 0.1) is 6.10 Å². The number of Topliss-reactive ketones (excluding diaryl/α,β-unsaturated/α-hetero) is 1.